The quantitative estimate of drug-likeness (QED) is 0.918. The van der Waals surface area contributed by atoms with Gasteiger partial charge in [-0.15, -0.1) is 10.2 Å². The monoisotopic (exact) mass is 313 g/mol. The van der Waals surface area contributed by atoms with E-state index in [0.29, 0.717) is 16.6 Å². The van der Waals surface area contributed by atoms with E-state index < -0.39 is 11.7 Å². The lowest BCUT2D eigenvalue weighted by Crippen LogP contribution is -2.19. The molecule has 0 amide bonds. The number of halogens is 3. The second-order valence-electron chi connectivity index (χ2n) is 5.05. The van der Waals surface area contributed by atoms with Gasteiger partial charge in [-0.05, 0) is 25.0 Å². The summed E-state index contributed by atoms with van der Waals surface area (Å²) in [6.45, 7) is 0.867. The molecule has 1 heterocycles. The molecular formula is C14H14F3N3S. The number of benzene rings is 1. The highest BCUT2D eigenvalue weighted by Crippen LogP contribution is 2.31. The predicted octanol–water partition coefficient (Wildman–Crippen LogP) is 3.52. The lowest BCUT2D eigenvalue weighted by molar-refractivity contribution is -0.137. The Morgan fingerprint density at radius 2 is 1.86 bits per heavy atom. The summed E-state index contributed by atoms with van der Waals surface area (Å²) in [4.78, 5) is 0. The molecule has 1 saturated carbocycles. The normalized spacial score (nSPS) is 15.4. The van der Waals surface area contributed by atoms with Crippen LogP contribution in [0.25, 0.3) is 10.6 Å². The van der Waals surface area contributed by atoms with Gasteiger partial charge in [0.25, 0.3) is 0 Å². The second kappa shape index (κ2) is 5.73. The number of nitrogens with zero attached hydrogens (tertiary/aromatic N) is 2. The molecule has 0 bridgehead atoms. The van der Waals surface area contributed by atoms with Crippen molar-refractivity contribution >= 4 is 11.3 Å². The van der Waals surface area contributed by atoms with Gasteiger partial charge in [0.05, 0.1) is 5.56 Å². The van der Waals surface area contributed by atoms with Crippen molar-refractivity contribution in [2.24, 2.45) is 0 Å². The van der Waals surface area contributed by atoms with Crippen molar-refractivity contribution in [3.63, 3.8) is 0 Å². The van der Waals surface area contributed by atoms with Crippen molar-refractivity contribution in [1.29, 1.82) is 0 Å². The Balaban J connectivity index is 1.64. The first kappa shape index (κ1) is 14.5. The first-order chi connectivity index (χ1) is 10.0. The van der Waals surface area contributed by atoms with E-state index in [1.807, 2.05) is 0 Å². The van der Waals surface area contributed by atoms with E-state index in [1.54, 1.807) is 0 Å². The van der Waals surface area contributed by atoms with Crippen LogP contribution in [0, 0.1) is 0 Å². The number of hydrogen-bond donors (Lipinski definition) is 1. The van der Waals surface area contributed by atoms with E-state index in [-0.39, 0.29) is 0 Å². The van der Waals surface area contributed by atoms with Crippen LogP contribution in [-0.4, -0.2) is 22.8 Å². The minimum atomic E-state index is -4.31. The van der Waals surface area contributed by atoms with Crippen LogP contribution in [0.1, 0.15) is 23.4 Å². The zero-order valence-corrected chi connectivity index (χ0v) is 12.0. The number of aromatic nitrogens is 2. The van der Waals surface area contributed by atoms with Gasteiger partial charge in [0.2, 0.25) is 0 Å². The molecule has 0 spiro atoms. The summed E-state index contributed by atoms with van der Waals surface area (Å²) in [6.07, 6.45) is -1.02. The average molecular weight is 313 g/mol. The van der Waals surface area contributed by atoms with Gasteiger partial charge >= 0.3 is 6.18 Å². The van der Waals surface area contributed by atoms with E-state index in [1.165, 1.54) is 36.3 Å². The minimum absolute atomic E-state index is 0.648. The summed E-state index contributed by atoms with van der Waals surface area (Å²) in [6, 6.07) is 5.69. The molecule has 1 aliphatic rings. The van der Waals surface area contributed by atoms with Crippen LogP contribution in [0.5, 0.6) is 0 Å². The van der Waals surface area contributed by atoms with Gasteiger partial charge in [-0.3, -0.25) is 0 Å². The standard InChI is InChI=1S/C14H14F3N3S/c15-14(16,17)10-3-1-9(2-4-10)13-20-19-12(21-13)7-8-18-11-5-6-11/h1-4,11,18H,5-8H2. The fourth-order valence-corrected chi connectivity index (χ4v) is 2.79. The van der Waals surface area contributed by atoms with Crippen molar-refractivity contribution in [1.82, 2.24) is 15.5 Å². The maximum atomic E-state index is 12.5. The predicted molar refractivity (Wildman–Crippen MR) is 75.1 cm³/mol. The van der Waals surface area contributed by atoms with E-state index in [2.05, 4.69) is 15.5 Å². The van der Waals surface area contributed by atoms with Crippen LogP contribution >= 0.6 is 11.3 Å². The average Bonchev–Trinajstić information content (AvgIpc) is 3.14. The molecule has 1 N–H and O–H groups in total. The van der Waals surface area contributed by atoms with Gasteiger partial charge in [0.15, 0.2) is 0 Å². The first-order valence-electron chi connectivity index (χ1n) is 6.76. The Hall–Kier alpha value is -1.47. The summed E-state index contributed by atoms with van der Waals surface area (Å²) in [7, 11) is 0. The molecule has 3 nitrogen and oxygen atoms in total. The molecule has 0 unspecified atom stereocenters. The number of nitrogens with one attached hydrogen (secondary N) is 1. The fraction of sp³-hybridized carbons (Fsp3) is 0.429. The first-order valence-corrected chi connectivity index (χ1v) is 7.57. The van der Waals surface area contributed by atoms with Gasteiger partial charge in [-0.1, -0.05) is 23.5 Å². The van der Waals surface area contributed by atoms with E-state index in [4.69, 9.17) is 0 Å². The Labute approximate surface area is 124 Å². The molecule has 1 aromatic carbocycles. The Kier molecular flexibility index (Phi) is 3.95. The molecule has 21 heavy (non-hydrogen) atoms. The summed E-state index contributed by atoms with van der Waals surface area (Å²) in [5.41, 5.74) is 0.0199. The molecule has 2 aromatic rings. The highest BCUT2D eigenvalue weighted by Gasteiger charge is 2.30. The van der Waals surface area contributed by atoms with Crippen LogP contribution in [0.3, 0.4) is 0 Å². The highest BCUT2D eigenvalue weighted by molar-refractivity contribution is 7.14. The lowest BCUT2D eigenvalue weighted by Gasteiger charge is -2.06. The molecule has 0 radical (unpaired) electrons. The third-order valence-corrected chi connectivity index (χ3v) is 4.31. The van der Waals surface area contributed by atoms with Crippen molar-refractivity contribution in [2.45, 2.75) is 31.5 Å². The van der Waals surface area contributed by atoms with Gasteiger partial charge < -0.3 is 5.32 Å². The molecular weight excluding hydrogens is 299 g/mol. The maximum Gasteiger partial charge on any atom is 0.416 e. The van der Waals surface area contributed by atoms with Crippen LogP contribution in [0.2, 0.25) is 0 Å². The van der Waals surface area contributed by atoms with Crippen molar-refractivity contribution < 1.29 is 13.2 Å². The smallest absolute Gasteiger partial charge is 0.314 e. The van der Waals surface area contributed by atoms with Gasteiger partial charge in [0, 0.05) is 24.6 Å². The van der Waals surface area contributed by atoms with Crippen molar-refractivity contribution in [2.75, 3.05) is 6.54 Å². The molecule has 0 aliphatic heterocycles. The van der Waals surface area contributed by atoms with Gasteiger partial charge in [0.1, 0.15) is 10.0 Å². The summed E-state index contributed by atoms with van der Waals surface area (Å²) < 4.78 is 37.5. The topological polar surface area (TPSA) is 37.8 Å². The third kappa shape index (κ3) is 3.79. The maximum absolute atomic E-state index is 12.5. The fourth-order valence-electron chi connectivity index (χ4n) is 1.94. The van der Waals surface area contributed by atoms with E-state index in [0.717, 1.165) is 30.1 Å². The Bertz CT molecular complexity index is 603. The molecule has 1 fully saturated rings. The zero-order valence-electron chi connectivity index (χ0n) is 11.2. The summed E-state index contributed by atoms with van der Waals surface area (Å²) in [5.74, 6) is 0. The Morgan fingerprint density at radius 1 is 1.14 bits per heavy atom. The Morgan fingerprint density at radius 3 is 2.48 bits per heavy atom. The van der Waals surface area contributed by atoms with Gasteiger partial charge in [-0.2, -0.15) is 13.2 Å². The minimum Gasteiger partial charge on any atom is -0.314 e. The molecule has 3 rings (SSSR count). The molecule has 7 heteroatoms. The molecule has 0 saturated heterocycles. The van der Waals surface area contributed by atoms with Crippen LogP contribution in [-0.2, 0) is 12.6 Å². The highest BCUT2D eigenvalue weighted by atomic mass is 32.1. The number of alkyl halides is 3. The number of rotatable bonds is 5. The largest absolute Gasteiger partial charge is 0.416 e. The van der Waals surface area contributed by atoms with E-state index >= 15 is 0 Å². The number of hydrogen-bond acceptors (Lipinski definition) is 4. The van der Waals surface area contributed by atoms with Crippen LogP contribution in [0.4, 0.5) is 13.2 Å². The molecule has 0 atom stereocenters. The summed E-state index contributed by atoms with van der Waals surface area (Å²) in [5, 5.41) is 13.1. The molecule has 1 aromatic heterocycles. The van der Waals surface area contributed by atoms with Crippen molar-refractivity contribution in [3.05, 3.63) is 34.8 Å². The third-order valence-electron chi connectivity index (χ3n) is 3.28. The molecule has 1 aliphatic carbocycles. The molecule has 112 valence electrons. The zero-order chi connectivity index (χ0) is 14.9. The SMILES string of the molecule is FC(F)(F)c1ccc(-c2nnc(CCNC3CC3)s2)cc1. The van der Waals surface area contributed by atoms with Crippen LogP contribution < -0.4 is 5.32 Å². The van der Waals surface area contributed by atoms with Gasteiger partial charge in [-0.25, -0.2) is 0 Å². The summed E-state index contributed by atoms with van der Waals surface area (Å²) >= 11 is 1.43. The second-order valence-corrected chi connectivity index (χ2v) is 6.12. The van der Waals surface area contributed by atoms with Crippen LogP contribution in [0.15, 0.2) is 24.3 Å². The lowest BCUT2D eigenvalue weighted by atomic mass is 10.1. The van der Waals surface area contributed by atoms with E-state index in [9.17, 15) is 13.2 Å². The van der Waals surface area contributed by atoms with Crippen molar-refractivity contribution in [3.8, 4) is 10.6 Å².